The molecule has 3 aromatic rings. The summed E-state index contributed by atoms with van der Waals surface area (Å²) in [5.74, 6) is 0.469. The molecule has 8 heteroatoms. The molecule has 0 saturated heterocycles. The minimum absolute atomic E-state index is 0.0312. The molecule has 1 saturated carbocycles. The first-order chi connectivity index (χ1) is 15.9. The predicted molar refractivity (Wildman–Crippen MR) is 127 cm³/mol. The van der Waals surface area contributed by atoms with E-state index in [2.05, 4.69) is 15.3 Å². The number of methoxy groups -OCH3 is 1. The van der Waals surface area contributed by atoms with Gasteiger partial charge < -0.3 is 19.7 Å². The van der Waals surface area contributed by atoms with Crippen LogP contribution in [0.4, 0.5) is 5.82 Å². The second-order valence-corrected chi connectivity index (χ2v) is 8.63. The Morgan fingerprint density at radius 3 is 2.70 bits per heavy atom. The van der Waals surface area contributed by atoms with E-state index in [1.807, 2.05) is 26.0 Å². The Kier molecular flexibility index (Phi) is 6.85. The van der Waals surface area contributed by atoms with Crippen molar-refractivity contribution in [1.82, 2.24) is 14.5 Å². The fourth-order valence-corrected chi connectivity index (χ4v) is 3.98. The maximum atomic E-state index is 13.5. The molecule has 0 radical (unpaired) electrons. The van der Waals surface area contributed by atoms with E-state index in [1.165, 1.54) is 0 Å². The molecular formula is C25H30N4O4. The summed E-state index contributed by atoms with van der Waals surface area (Å²) in [6.45, 7) is 4.65. The molecule has 1 amide bonds. The largest absolute Gasteiger partial charge is 0.387 e. The lowest BCUT2D eigenvalue weighted by molar-refractivity contribution is -0.117. The number of hydrogen-bond acceptors (Lipinski definition) is 6. The van der Waals surface area contributed by atoms with Gasteiger partial charge in [0.15, 0.2) is 0 Å². The lowest BCUT2D eigenvalue weighted by Gasteiger charge is -2.16. The first-order valence-corrected chi connectivity index (χ1v) is 11.4. The van der Waals surface area contributed by atoms with E-state index in [4.69, 9.17) is 4.74 Å². The van der Waals surface area contributed by atoms with E-state index in [-0.39, 0.29) is 17.4 Å². The van der Waals surface area contributed by atoms with Gasteiger partial charge in [-0.1, -0.05) is 13.3 Å². The van der Waals surface area contributed by atoms with Gasteiger partial charge in [0.05, 0.1) is 23.9 Å². The van der Waals surface area contributed by atoms with E-state index in [0.29, 0.717) is 47.7 Å². The first kappa shape index (κ1) is 23.1. The maximum absolute atomic E-state index is 13.5. The van der Waals surface area contributed by atoms with Gasteiger partial charge in [0.2, 0.25) is 5.91 Å². The normalized spacial score (nSPS) is 14.4. The number of nitrogens with one attached hydrogen (secondary N) is 1. The Hall–Kier alpha value is -3.10. The van der Waals surface area contributed by atoms with E-state index in [9.17, 15) is 14.7 Å². The number of aryl methyl sites for hydroxylation is 1. The molecule has 8 nitrogen and oxygen atoms in total. The molecule has 1 atom stereocenters. The van der Waals surface area contributed by atoms with Crippen LogP contribution in [-0.2, 0) is 16.1 Å². The van der Waals surface area contributed by atoms with Crippen LogP contribution >= 0.6 is 0 Å². The highest BCUT2D eigenvalue weighted by atomic mass is 16.5. The van der Waals surface area contributed by atoms with Crippen molar-refractivity contribution in [2.45, 2.75) is 52.2 Å². The minimum Gasteiger partial charge on any atom is -0.387 e. The van der Waals surface area contributed by atoms with Crippen LogP contribution < -0.4 is 10.9 Å². The average molecular weight is 451 g/mol. The minimum atomic E-state index is -0.619. The second kappa shape index (κ2) is 9.80. The standard InChI is InChI=1S/C25H30N4O4/c1-4-5-22(30)20-10-15(2)19(14-26-20)18-11-17-13-27-23(28-24(31)16-6-7-16)12-21(17)29(25(18)32)8-9-33-3/h10-14,16,22,30H,4-9H2,1-3H3,(H,27,28,31)/t22-/m0/s1. The Balaban J connectivity index is 1.78. The number of hydrogen-bond donors (Lipinski definition) is 2. The van der Waals surface area contributed by atoms with Crippen LogP contribution in [0.25, 0.3) is 22.0 Å². The smallest absolute Gasteiger partial charge is 0.259 e. The van der Waals surface area contributed by atoms with E-state index < -0.39 is 6.10 Å². The number of carbonyl (C=O) groups excluding carboxylic acids is 1. The van der Waals surface area contributed by atoms with Crippen molar-refractivity contribution < 1.29 is 14.6 Å². The van der Waals surface area contributed by atoms with E-state index in [1.54, 1.807) is 30.1 Å². The van der Waals surface area contributed by atoms with Crippen LogP contribution in [0.1, 0.15) is 50.0 Å². The second-order valence-electron chi connectivity index (χ2n) is 8.63. The van der Waals surface area contributed by atoms with Crippen LogP contribution in [0.2, 0.25) is 0 Å². The summed E-state index contributed by atoms with van der Waals surface area (Å²) in [6.07, 6.45) is 6.01. The quantitative estimate of drug-likeness (QED) is 0.516. The summed E-state index contributed by atoms with van der Waals surface area (Å²) < 4.78 is 6.89. The molecule has 0 unspecified atom stereocenters. The van der Waals surface area contributed by atoms with Crippen molar-refractivity contribution in [1.29, 1.82) is 0 Å². The van der Waals surface area contributed by atoms with Crippen molar-refractivity contribution in [2.75, 3.05) is 19.0 Å². The highest BCUT2D eigenvalue weighted by Gasteiger charge is 2.30. The molecule has 0 aromatic carbocycles. The molecule has 2 N–H and O–H groups in total. The highest BCUT2D eigenvalue weighted by Crippen LogP contribution is 2.31. The van der Waals surface area contributed by atoms with Crippen molar-refractivity contribution >= 4 is 22.6 Å². The van der Waals surface area contributed by atoms with Crippen molar-refractivity contribution in [3.05, 3.63) is 52.2 Å². The third-order valence-electron chi connectivity index (χ3n) is 6.02. The van der Waals surface area contributed by atoms with Crippen LogP contribution in [0.5, 0.6) is 0 Å². The molecule has 1 aliphatic carbocycles. The number of ether oxygens (including phenoxy) is 1. The van der Waals surface area contributed by atoms with Crippen molar-refractivity contribution in [3.63, 3.8) is 0 Å². The van der Waals surface area contributed by atoms with Gasteiger partial charge in [-0.3, -0.25) is 14.6 Å². The number of fused-ring (bicyclic) bond motifs is 1. The van der Waals surface area contributed by atoms with E-state index in [0.717, 1.165) is 30.2 Å². The molecule has 1 fully saturated rings. The lowest BCUT2D eigenvalue weighted by atomic mass is 10.00. The fraction of sp³-hybridized carbons (Fsp3) is 0.440. The molecule has 3 heterocycles. The first-order valence-electron chi connectivity index (χ1n) is 11.4. The summed E-state index contributed by atoms with van der Waals surface area (Å²) in [7, 11) is 1.59. The number of pyridine rings is 3. The fourth-order valence-electron chi connectivity index (χ4n) is 3.98. The van der Waals surface area contributed by atoms with Gasteiger partial charge >= 0.3 is 0 Å². The maximum Gasteiger partial charge on any atom is 0.259 e. The third kappa shape index (κ3) is 4.96. The van der Waals surface area contributed by atoms with Gasteiger partial charge in [0.1, 0.15) is 5.82 Å². The Morgan fingerprint density at radius 1 is 1.24 bits per heavy atom. The predicted octanol–water partition coefficient (Wildman–Crippen LogP) is 3.60. The van der Waals surface area contributed by atoms with Gasteiger partial charge in [0.25, 0.3) is 5.56 Å². The molecule has 3 aromatic heterocycles. The molecule has 1 aliphatic rings. The van der Waals surface area contributed by atoms with Gasteiger partial charge in [-0.05, 0) is 43.9 Å². The van der Waals surface area contributed by atoms with Crippen LogP contribution in [0.15, 0.2) is 35.4 Å². The number of nitrogens with zero attached hydrogens (tertiary/aromatic N) is 3. The van der Waals surface area contributed by atoms with Crippen molar-refractivity contribution in [3.8, 4) is 11.1 Å². The summed E-state index contributed by atoms with van der Waals surface area (Å²) in [4.78, 5) is 34.5. The Morgan fingerprint density at radius 2 is 2.03 bits per heavy atom. The highest BCUT2D eigenvalue weighted by molar-refractivity contribution is 5.95. The summed E-state index contributed by atoms with van der Waals surface area (Å²) in [6, 6.07) is 5.39. The van der Waals surface area contributed by atoms with Crippen molar-refractivity contribution in [2.24, 2.45) is 5.92 Å². The van der Waals surface area contributed by atoms with Crippen LogP contribution in [0, 0.1) is 12.8 Å². The zero-order valence-corrected chi connectivity index (χ0v) is 19.3. The Bertz CT molecular complexity index is 1230. The molecule has 33 heavy (non-hydrogen) atoms. The molecule has 4 rings (SSSR count). The lowest BCUT2D eigenvalue weighted by Crippen LogP contribution is -2.25. The Labute approximate surface area is 192 Å². The summed E-state index contributed by atoms with van der Waals surface area (Å²) >= 11 is 0. The number of amides is 1. The monoisotopic (exact) mass is 450 g/mol. The van der Waals surface area contributed by atoms with Gasteiger partial charge in [-0.25, -0.2) is 4.98 Å². The zero-order chi connectivity index (χ0) is 23.5. The topological polar surface area (TPSA) is 106 Å². The third-order valence-corrected chi connectivity index (χ3v) is 6.02. The molecule has 174 valence electrons. The van der Waals surface area contributed by atoms with Gasteiger partial charge in [-0.15, -0.1) is 0 Å². The average Bonchev–Trinajstić information content (AvgIpc) is 3.64. The number of anilines is 1. The molecule has 0 spiro atoms. The van der Waals surface area contributed by atoms with Crippen LogP contribution in [-0.4, -0.2) is 39.3 Å². The SMILES string of the molecule is CCC[C@H](O)c1cc(C)c(-c2cc3cnc(NC(=O)C4CC4)cc3n(CCOC)c2=O)cn1. The number of rotatable bonds is 9. The number of aliphatic hydroxyl groups excluding tert-OH is 1. The molecular weight excluding hydrogens is 420 g/mol. The van der Waals surface area contributed by atoms with E-state index >= 15 is 0 Å². The zero-order valence-electron chi connectivity index (χ0n) is 19.3. The summed E-state index contributed by atoms with van der Waals surface area (Å²) in [5.41, 5.74) is 3.21. The number of aliphatic hydroxyl groups is 1. The number of aromatic nitrogens is 3. The van der Waals surface area contributed by atoms with Gasteiger partial charge in [0, 0.05) is 54.5 Å². The summed E-state index contributed by atoms with van der Waals surface area (Å²) in [5, 5.41) is 13.9. The molecule has 0 bridgehead atoms. The van der Waals surface area contributed by atoms with Crippen LogP contribution in [0.3, 0.4) is 0 Å². The molecule has 0 aliphatic heterocycles. The number of carbonyl (C=O) groups is 1. The van der Waals surface area contributed by atoms with Gasteiger partial charge in [-0.2, -0.15) is 0 Å².